The van der Waals surface area contributed by atoms with Gasteiger partial charge < -0.3 is 9.52 Å². The molecular weight excluding hydrogens is 833 g/mol. The number of benzene rings is 2. The van der Waals surface area contributed by atoms with Gasteiger partial charge in [-0.05, 0) is 74.0 Å². The van der Waals surface area contributed by atoms with Gasteiger partial charge in [-0.2, -0.15) is 0 Å². The van der Waals surface area contributed by atoms with E-state index in [-0.39, 0.29) is 47.9 Å². The SMILES string of the molecule is CC(C)Cc1ccc2c(n1)-c1oc3ccnc(-c4[c-]c5ccccc5c(C(C)(C)C)c4)c3c1CC2.CCC(C)(CC)C(=O)/C=C(\O)C(C)(CC)CC.[Ir]. The minimum absolute atomic E-state index is 0. The molecule has 1 aliphatic rings. The molecule has 2 aromatic carbocycles. The minimum Gasteiger partial charge on any atom is -0.512 e. The van der Waals surface area contributed by atoms with Crippen LogP contribution in [0.4, 0.5) is 0 Å². The van der Waals surface area contributed by atoms with E-state index in [1.165, 1.54) is 28.2 Å². The van der Waals surface area contributed by atoms with E-state index in [0.717, 1.165) is 89.7 Å². The van der Waals surface area contributed by atoms with E-state index in [9.17, 15) is 9.90 Å². The largest absolute Gasteiger partial charge is 0.512 e. The monoisotopic (exact) mass is 892 g/mol. The molecule has 1 N–H and O–H groups in total. The maximum Gasteiger partial charge on any atom is 0.164 e. The summed E-state index contributed by atoms with van der Waals surface area (Å²) in [7, 11) is 0. The van der Waals surface area contributed by atoms with Crippen molar-refractivity contribution in [1.29, 1.82) is 0 Å². The van der Waals surface area contributed by atoms with Gasteiger partial charge in [0, 0.05) is 65.5 Å². The van der Waals surface area contributed by atoms with Gasteiger partial charge in [-0.15, -0.1) is 29.1 Å². The number of hydrogen-bond acceptors (Lipinski definition) is 5. The van der Waals surface area contributed by atoms with Crippen molar-refractivity contribution in [3.63, 3.8) is 0 Å². The van der Waals surface area contributed by atoms with Gasteiger partial charge in [-0.1, -0.05) is 111 Å². The molecule has 0 saturated heterocycles. The number of aryl methyl sites for hydroxylation is 2. The molecule has 0 saturated carbocycles. The van der Waals surface area contributed by atoms with Gasteiger partial charge in [0.15, 0.2) is 11.5 Å². The van der Waals surface area contributed by atoms with Crippen LogP contribution in [0.1, 0.15) is 124 Å². The van der Waals surface area contributed by atoms with E-state index in [2.05, 4.69) is 83.1 Å². The fraction of sp³-hybridized carbons (Fsp3) is 0.468. The van der Waals surface area contributed by atoms with Crippen LogP contribution >= 0.6 is 0 Å². The number of aliphatic hydroxyl groups is 1. The number of furan rings is 1. The zero-order valence-electron chi connectivity index (χ0n) is 33.8. The zero-order valence-corrected chi connectivity index (χ0v) is 36.2. The predicted molar refractivity (Wildman–Crippen MR) is 217 cm³/mol. The average Bonchev–Trinajstić information content (AvgIpc) is 3.53. The molecule has 3 heterocycles. The molecule has 0 unspecified atom stereocenters. The standard InChI is InChI=1S/C32H31N2O.C15H28O2.Ir/c1-19(2)16-23-12-10-20-11-13-25-28-27(35-31(25)30(20)34-23)14-15-33-29(28)22-17-21-8-6-7-9-24(21)26(18-22)32(3,4)5;1-7-14(5,8-2)12(16)11-13(17)15(6,9-3)10-4;/h6-10,12,14-15,18-19H,11,13,16H2,1-5H3;11,16H,7-10H2,1-6H3;/q-1;;/b;12-11-;. The van der Waals surface area contributed by atoms with E-state index in [4.69, 9.17) is 14.4 Å². The third-order valence-corrected chi connectivity index (χ3v) is 11.7. The first-order valence-corrected chi connectivity index (χ1v) is 19.4. The molecule has 6 rings (SSSR count). The number of hydrogen-bond donors (Lipinski definition) is 1. The van der Waals surface area contributed by atoms with Crippen molar-refractivity contribution in [3.8, 4) is 22.7 Å². The zero-order chi connectivity index (χ0) is 38.0. The first kappa shape index (κ1) is 42.1. The average molecular weight is 892 g/mol. The van der Waals surface area contributed by atoms with Crippen LogP contribution in [0.25, 0.3) is 44.5 Å². The van der Waals surface area contributed by atoms with Gasteiger partial charge in [0.05, 0.1) is 0 Å². The summed E-state index contributed by atoms with van der Waals surface area (Å²) in [4.78, 5) is 22.1. The fourth-order valence-electron chi connectivity index (χ4n) is 7.12. The van der Waals surface area contributed by atoms with Crippen LogP contribution in [0.3, 0.4) is 0 Å². The van der Waals surface area contributed by atoms with Gasteiger partial charge >= 0.3 is 0 Å². The minimum atomic E-state index is -0.337. The van der Waals surface area contributed by atoms with Crippen molar-refractivity contribution in [2.45, 2.75) is 127 Å². The molecule has 53 heavy (non-hydrogen) atoms. The molecule has 285 valence electrons. The number of aromatic nitrogens is 2. The van der Waals surface area contributed by atoms with Crippen molar-refractivity contribution in [3.05, 3.63) is 95.0 Å². The fourth-order valence-corrected chi connectivity index (χ4v) is 7.12. The molecule has 1 radical (unpaired) electrons. The molecular formula is C47H59IrN2O3-. The van der Waals surface area contributed by atoms with E-state index in [1.807, 2.05) is 53.8 Å². The Morgan fingerprint density at radius 3 is 2.19 bits per heavy atom. The van der Waals surface area contributed by atoms with Gasteiger partial charge in [0.2, 0.25) is 0 Å². The summed E-state index contributed by atoms with van der Waals surface area (Å²) in [5.41, 5.74) is 8.19. The first-order valence-electron chi connectivity index (χ1n) is 19.4. The smallest absolute Gasteiger partial charge is 0.164 e. The third-order valence-electron chi connectivity index (χ3n) is 11.7. The Hall–Kier alpha value is -3.60. The Labute approximate surface area is 331 Å². The molecule has 5 nitrogen and oxygen atoms in total. The summed E-state index contributed by atoms with van der Waals surface area (Å²) in [6.45, 7) is 23.4. The number of allylic oxidation sites excluding steroid dienone is 2. The van der Waals surface area contributed by atoms with Crippen LogP contribution in [0.15, 0.2) is 71.0 Å². The van der Waals surface area contributed by atoms with Gasteiger partial charge in [0.1, 0.15) is 17.0 Å². The third kappa shape index (κ3) is 8.71. The summed E-state index contributed by atoms with van der Waals surface area (Å²) in [6.07, 6.45) is 9.48. The van der Waals surface area contributed by atoms with Crippen molar-refractivity contribution >= 4 is 27.5 Å². The maximum absolute atomic E-state index is 12.2. The van der Waals surface area contributed by atoms with E-state index in [1.54, 1.807) is 0 Å². The van der Waals surface area contributed by atoms with Crippen molar-refractivity contribution in [2.75, 3.05) is 0 Å². The van der Waals surface area contributed by atoms with Gasteiger partial charge in [0.25, 0.3) is 0 Å². The number of fused-ring (bicyclic) bond motifs is 6. The van der Waals surface area contributed by atoms with Gasteiger partial charge in [-0.25, -0.2) is 4.98 Å². The summed E-state index contributed by atoms with van der Waals surface area (Å²) < 4.78 is 6.51. The summed E-state index contributed by atoms with van der Waals surface area (Å²) in [5, 5.41) is 13.6. The van der Waals surface area contributed by atoms with E-state index in [0.29, 0.717) is 5.92 Å². The van der Waals surface area contributed by atoms with Crippen LogP contribution < -0.4 is 0 Å². The number of nitrogens with zero attached hydrogens (tertiary/aromatic N) is 2. The second kappa shape index (κ2) is 16.8. The molecule has 0 fully saturated rings. The molecule has 0 aliphatic heterocycles. The topological polar surface area (TPSA) is 76.2 Å². The Kier molecular flexibility index (Phi) is 13.4. The Bertz CT molecular complexity index is 2090. The normalized spacial score (nSPS) is 13.3. The van der Waals surface area contributed by atoms with Crippen LogP contribution in [0.5, 0.6) is 0 Å². The number of pyridine rings is 2. The van der Waals surface area contributed by atoms with Crippen molar-refractivity contribution in [1.82, 2.24) is 9.97 Å². The molecule has 5 aromatic rings. The maximum atomic E-state index is 12.2. The Morgan fingerprint density at radius 1 is 0.906 bits per heavy atom. The van der Waals surface area contributed by atoms with Crippen LogP contribution in [-0.4, -0.2) is 20.9 Å². The van der Waals surface area contributed by atoms with Gasteiger partial charge in [-0.3, -0.25) is 9.78 Å². The number of carbonyl (C=O) groups is 1. The molecule has 0 amide bonds. The second-order valence-electron chi connectivity index (χ2n) is 16.7. The predicted octanol–water partition coefficient (Wildman–Crippen LogP) is 12.8. The first-order chi connectivity index (χ1) is 24.6. The molecule has 3 aromatic heterocycles. The summed E-state index contributed by atoms with van der Waals surface area (Å²) >= 11 is 0. The van der Waals surface area contributed by atoms with Crippen LogP contribution in [-0.2, 0) is 49.6 Å². The second-order valence-corrected chi connectivity index (χ2v) is 16.7. The number of aliphatic hydroxyl groups excluding tert-OH is 1. The van der Waals surface area contributed by atoms with Crippen LogP contribution in [0.2, 0.25) is 0 Å². The van der Waals surface area contributed by atoms with Crippen molar-refractivity contribution in [2.24, 2.45) is 16.7 Å². The molecule has 0 spiro atoms. The van der Waals surface area contributed by atoms with E-state index < -0.39 is 0 Å². The quantitative estimate of drug-likeness (QED) is 0.0859. The number of ketones is 1. The summed E-state index contributed by atoms with van der Waals surface area (Å²) in [6, 6.07) is 20.9. The molecule has 6 heteroatoms. The molecule has 0 atom stereocenters. The summed E-state index contributed by atoms with van der Waals surface area (Å²) in [5.74, 6) is 1.77. The van der Waals surface area contributed by atoms with Crippen molar-refractivity contribution < 1.29 is 34.4 Å². The number of carbonyl (C=O) groups excluding carboxylic acids is 1. The molecule has 1 aliphatic carbocycles. The Balaban J connectivity index is 0.000000299. The Morgan fingerprint density at radius 2 is 1.57 bits per heavy atom. The van der Waals surface area contributed by atoms with E-state index >= 15 is 0 Å². The molecule has 0 bridgehead atoms. The van der Waals surface area contributed by atoms with Crippen LogP contribution in [0, 0.1) is 22.8 Å². The number of rotatable bonds is 10.